The lowest BCUT2D eigenvalue weighted by molar-refractivity contribution is 0.377. The molecule has 0 unspecified atom stereocenters. The number of aromatic nitrogens is 4. The number of nitrogens with two attached hydrogens (primary N) is 1. The Balaban J connectivity index is 1.89. The van der Waals surface area contributed by atoms with Gasteiger partial charge in [0, 0.05) is 19.0 Å². The second-order valence-electron chi connectivity index (χ2n) is 3.35. The van der Waals surface area contributed by atoms with Crippen LogP contribution in [0.2, 0.25) is 0 Å². The van der Waals surface area contributed by atoms with Crippen LogP contribution in [-0.2, 0) is 6.42 Å². The van der Waals surface area contributed by atoms with Crippen molar-refractivity contribution in [3.8, 4) is 0 Å². The van der Waals surface area contributed by atoms with E-state index in [2.05, 4.69) is 41.4 Å². The molecule has 2 rings (SSSR count). The standard InChI is InChI=1S/C9H11BrN6O/c1-5-13-8(17-16-5)2-3-12-9-14-6(10)4-7(11)15-9/h4H,2-3H2,1H3,(H3,11,12,14,15). The average molecular weight is 299 g/mol. The van der Waals surface area contributed by atoms with E-state index in [4.69, 9.17) is 10.3 Å². The fourth-order valence-electron chi connectivity index (χ4n) is 1.24. The first-order valence-electron chi connectivity index (χ1n) is 4.96. The zero-order valence-corrected chi connectivity index (χ0v) is 10.7. The number of rotatable bonds is 4. The molecule has 2 heterocycles. The molecule has 17 heavy (non-hydrogen) atoms. The van der Waals surface area contributed by atoms with Crippen molar-refractivity contribution in [3.05, 3.63) is 22.4 Å². The fourth-order valence-corrected chi connectivity index (χ4v) is 1.64. The molecular formula is C9H11BrN6O. The highest BCUT2D eigenvalue weighted by Crippen LogP contribution is 2.12. The summed E-state index contributed by atoms with van der Waals surface area (Å²) < 4.78 is 5.61. The lowest BCUT2D eigenvalue weighted by atomic mass is 10.4. The lowest BCUT2D eigenvalue weighted by Crippen LogP contribution is -2.09. The van der Waals surface area contributed by atoms with Gasteiger partial charge in [-0.1, -0.05) is 5.16 Å². The van der Waals surface area contributed by atoms with Crippen LogP contribution < -0.4 is 11.1 Å². The quantitative estimate of drug-likeness (QED) is 0.817. The van der Waals surface area contributed by atoms with Crippen LogP contribution in [0, 0.1) is 6.92 Å². The van der Waals surface area contributed by atoms with Gasteiger partial charge in [0.25, 0.3) is 0 Å². The molecule has 0 aliphatic rings. The normalized spacial score (nSPS) is 10.5. The smallest absolute Gasteiger partial charge is 0.228 e. The molecular weight excluding hydrogens is 288 g/mol. The van der Waals surface area contributed by atoms with Crippen molar-refractivity contribution in [2.45, 2.75) is 13.3 Å². The predicted octanol–water partition coefficient (Wildman–Crippen LogP) is 1.17. The van der Waals surface area contributed by atoms with Gasteiger partial charge in [0.1, 0.15) is 10.4 Å². The minimum absolute atomic E-state index is 0.406. The molecule has 7 nitrogen and oxygen atoms in total. The molecule has 0 aliphatic carbocycles. The summed E-state index contributed by atoms with van der Waals surface area (Å²) in [6, 6.07) is 1.63. The second-order valence-corrected chi connectivity index (χ2v) is 4.16. The van der Waals surface area contributed by atoms with E-state index in [0.29, 0.717) is 41.1 Å². The van der Waals surface area contributed by atoms with Crippen molar-refractivity contribution in [3.63, 3.8) is 0 Å². The van der Waals surface area contributed by atoms with Gasteiger partial charge in [0.05, 0.1) is 0 Å². The zero-order valence-electron chi connectivity index (χ0n) is 9.14. The monoisotopic (exact) mass is 298 g/mol. The highest BCUT2D eigenvalue weighted by atomic mass is 79.9. The molecule has 90 valence electrons. The summed E-state index contributed by atoms with van der Waals surface area (Å²) in [6.45, 7) is 2.37. The molecule has 0 bridgehead atoms. The Labute approximate surface area is 106 Å². The minimum Gasteiger partial charge on any atom is -0.383 e. The number of nitrogen functional groups attached to an aromatic ring is 1. The van der Waals surface area contributed by atoms with Gasteiger partial charge in [0.2, 0.25) is 11.8 Å². The molecule has 3 N–H and O–H groups in total. The van der Waals surface area contributed by atoms with E-state index >= 15 is 0 Å². The molecule has 0 saturated carbocycles. The van der Waals surface area contributed by atoms with Crippen molar-refractivity contribution in [2.24, 2.45) is 0 Å². The van der Waals surface area contributed by atoms with Crippen LogP contribution in [0.25, 0.3) is 0 Å². The summed E-state index contributed by atoms with van der Waals surface area (Å²) >= 11 is 3.24. The van der Waals surface area contributed by atoms with E-state index in [1.165, 1.54) is 0 Å². The van der Waals surface area contributed by atoms with Crippen LogP contribution in [0.1, 0.15) is 11.7 Å². The Kier molecular flexibility index (Phi) is 3.52. The zero-order chi connectivity index (χ0) is 12.3. The summed E-state index contributed by atoms with van der Waals surface area (Å²) in [5, 5.41) is 6.72. The fraction of sp³-hybridized carbons (Fsp3) is 0.333. The van der Waals surface area contributed by atoms with Crippen LogP contribution in [0.5, 0.6) is 0 Å². The Bertz CT molecular complexity index is 494. The van der Waals surface area contributed by atoms with Crippen molar-refractivity contribution in [1.29, 1.82) is 0 Å². The Morgan fingerprint density at radius 2 is 2.24 bits per heavy atom. The second kappa shape index (κ2) is 5.09. The molecule has 2 aromatic rings. The lowest BCUT2D eigenvalue weighted by Gasteiger charge is -2.03. The van der Waals surface area contributed by atoms with E-state index in [9.17, 15) is 0 Å². The van der Waals surface area contributed by atoms with Gasteiger partial charge in [-0.15, -0.1) is 0 Å². The summed E-state index contributed by atoms with van der Waals surface area (Å²) in [5.41, 5.74) is 5.58. The number of hydrogen-bond donors (Lipinski definition) is 2. The molecule has 0 saturated heterocycles. The molecule has 0 radical (unpaired) electrons. The topological polar surface area (TPSA) is 103 Å². The van der Waals surface area contributed by atoms with Gasteiger partial charge >= 0.3 is 0 Å². The third kappa shape index (κ3) is 3.38. The van der Waals surface area contributed by atoms with E-state index in [-0.39, 0.29) is 0 Å². The highest BCUT2D eigenvalue weighted by molar-refractivity contribution is 9.10. The van der Waals surface area contributed by atoms with Crippen molar-refractivity contribution in [2.75, 3.05) is 17.6 Å². The van der Waals surface area contributed by atoms with Crippen LogP contribution in [0.3, 0.4) is 0 Å². The molecule has 0 atom stereocenters. The first kappa shape index (κ1) is 11.8. The Hall–Kier alpha value is -1.70. The van der Waals surface area contributed by atoms with E-state index in [0.717, 1.165) is 0 Å². The van der Waals surface area contributed by atoms with Crippen molar-refractivity contribution < 1.29 is 4.52 Å². The minimum atomic E-state index is 0.406. The van der Waals surface area contributed by atoms with Gasteiger partial charge in [0.15, 0.2) is 5.82 Å². The van der Waals surface area contributed by atoms with Gasteiger partial charge in [-0.2, -0.15) is 9.97 Å². The van der Waals surface area contributed by atoms with Crippen molar-refractivity contribution >= 4 is 27.7 Å². The molecule has 0 aliphatic heterocycles. The molecule has 0 fully saturated rings. The molecule has 8 heteroatoms. The SMILES string of the molecule is Cc1noc(CCNc2nc(N)cc(Br)n2)n1. The number of nitrogens with one attached hydrogen (secondary N) is 1. The molecule has 2 aromatic heterocycles. The maximum atomic E-state index is 5.58. The number of aryl methyl sites for hydroxylation is 1. The highest BCUT2D eigenvalue weighted by Gasteiger charge is 2.04. The van der Waals surface area contributed by atoms with Crippen LogP contribution in [0.4, 0.5) is 11.8 Å². The average Bonchev–Trinajstić information content (AvgIpc) is 2.63. The van der Waals surface area contributed by atoms with Gasteiger partial charge in [-0.3, -0.25) is 0 Å². The van der Waals surface area contributed by atoms with Crippen molar-refractivity contribution in [1.82, 2.24) is 20.1 Å². The summed E-state index contributed by atoms with van der Waals surface area (Å²) in [4.78, 5) is 12.2. The molecule has 0 spiro atoms. The van der Waals surface area contributed by atoms with Crippen LogP contribution >= 0.6 is 15.9 Å². The summed E-state index contributed by atoms with van der Waals surface area (Å²) in [6.07, 6.45) is 0.608. The van der Waals surface area contributed by atoms with E-state index in [1.807, 2.05) is 0 Å². The number of nitrogens with zero attached hydrogens (tertiary/aromatic N) is 4. The summed E-state index contributed by atoms with van der Waals surface area (Å²) in [7, 11) is 0. The number of hydrogen-bond acceptors (Lipinski definition) is 7. The van der Waals surface area contributed by atoms with Crippen LogP contribution in [0.15, 0.2) is 15.2 Å². The van der Waals surface area contributed by atoms with Gasteiger partial charge in [-0.25, -0.2) is 4.98 Å². The maximum absolute atomic E-state index is 5.58. The molecule has 0 aromatic carbocycles. The number of anilines is 2. The third-order valence-corrected chi connectivity index (χ3v) is 2.31. The van der Waals surface area contributed by atoms with Gasteiger partial charge < -0.3 is 15.6 Å². The Morgan fingerprint density at radius 1 is 1.41 bits per heavy atom. The van der Waals surface area contributed by atoms with E-state index in [1.54, 1.807) is 13.0 Å². The van der Waals surface area contributed by atoms with E-state index < -0.39 is 0 Å². The van der Waals surface area contributed by atoms with Gasteiger partial charge in [-0.05, 0) is 22.9 Å². The van der Waals surface area contributed by atoms with Crippen LogP contribution in [-0.4, -0.2) is 26.7 Å². The predicted molar refractivity (Wildman–Crippen MR) is 65.4 cm³/mol. The first-order chi connectivity index (χ1) is 8.13. The largest absolute Gasteiger partial charge is 0.383 e. The summed E-state index contributed by atoms with van der Waals surface area (Å²) in [5.74, 6) is 2.08. The molecule has 0 amide bonds. The Morgan fingerprint density at radius 3 is 2.88 bits per heavy atom. The first-order valence-corrected chi connectivity index (χ1v) is 5.76. The third-order valence-electron chi connectivity index (χ3n) is 1.91. The number of halogens is 1. The maximum Gasteiger partial charge on any atom is 0.228 e.